The van der Waals surface area contributed by atoms with Gasteiger partial charge >= 0.3 is 0 Å². The Kier molecular flexibility index (Phi) is 6.27. The lowest BCUT2D eigenvalue weighted by molar-refractivity contribution is 0.313. The van der Waals surface area contributed by atoms with Crippen molar-refractivity contribution in [1.29, 1.82) is 0 Å². The zero-order valence-electron chi connectivity index (χ0n) is 20.2. The molecule has 1 saturated carbocycles. The third kappa shape index (κ3) is 4.65. The first-order valence-electron chi connectivity index (χ1n) is 12.5. The molecule has 34 heavy (non-hydrogen) atoms. The number of hydrogen-bond donors (Lipinski definition) is 5. The molecule has 1 aromatic heterocycles. The van der Waals surface area contributed by atoms with Crippen LogP contribution in [0, 0.1) is 0 Å². The maximum absolute atomic E-state index is 12.9. The second kappa shape index (κ2) is 9.35. The highest BCUT2D eigenvalue weighted by molar-refractivity contribution is 5.64. The number of nitrogens with one attached hydrogen (secondary N) is 4. The smallest absolute Gasteiger partial charge is 0.256 e. The van der Waals surface area contributed by atoms with Crippen molar-refractivity contribution >= 4 is 17.5 Å². The van der Waals surface area contributed by atoms with Gasteiger partial charge in [0.05, 0.1) is 5.56 Å². The standard InChI is InChI=1S/C26H37N7O/c1-26(30-19-7-9-20(10-8-19)33-15-13-32(2)14-16-33)24-18(11-12-28-25(24)34)17-23(31-26)29-22-6-4-3-5-21(22)27/h7-12,17,21-22,29-31H,3-6,13-16,27H2,1-2H3,(H,28,34)/t21-,22?,26?/m0/s1. The SMILES string of the molecule is CN1CCN(c2ccc(NC3(C)NC(NC4CCCC[C@@H]4N)=Cc4cc[nH]c(=O)c43)cc2)CC1. The number of pyridine rings is 1. The number of anilines is 2. The fourth-order valence-electron chi connectivity index (χ4n) is 5.47. The van der Waals surface area contributed by atoms with Crippen LogP contribution in [0.15, 0.2) is 47.1 Å². The van der Waals surface area contributed by atoms with E-state index in [1.165, 1.54) is 18.5 Å². The van der Waals surface area contributed by atoms with Gasteiger partial charge < -0.3 is 36.5 Å². The van der Waals surface area contributed by atoms with E-state index in [2.05, 4.69) is 62.0 Å². The van der Waals surface area contributed by atoms with Crippen LogP contribution in [0.25, 0.3) is 6.08 Å². The van der Waals surface area contributed by atoms with Crippen LogP contribution in [-0.4, -0.2) is 55.2 Å². The molecule has 0 radical (unpaired) electrons. The van der Waals surface area contributed by atoms with Gasteiger partial charge in [-0.2, -0.15) is 0 Å². The molecule has 0 spiro atoms. The van der Waals surface area contributed by atoms with Crippen molar-refractivity contribution in [3.63, 3.8) is 0 Å². The summed E-state index contributed by atoms with van der Waals surface area (Å²) in [6.07, 6.45) is 8.19. The number of hydrogen-bond acceptors (Lipinski definition) is 7. The summed E-state index contributed by atoms with van der Waals surface area (Å²) in [5, 5.41) is 10.8. The second-order valence-electron chi connectivity index (χ2n) is 10.1. The molecule has 8 heteroatoms. The summed E-state index contributed by atoms with van der Waals surface area (Å²) in [7, 11) is 2.17. The van der Waals surface area contributed by atoms with Crippen LogP contribution in [0.1, 0.15) is 43.7 Å². The molecule has 5 rings (SSSR count). The van der Waals surface area contributed by atoms with Crippen molar-refractivity contribution in [2.45, 2.75) is 50.4 Å². The summed E-state index contributed by atoms with van der Waals surface area (Å²) in [4.78, 5) is 20.5. The number of fused-ring (bicyclic) bond motifs is 1. The largest absolute Gasteiger partial charge is 0.369 e. The number of piperazine rings is 1. The molecule has 182 valence electrons. The molecule has 1 aliphatic carbocycles. The normalized spacial score (nSPS) is 27.4. The Balaban J connectivity index is 1.38. The van der Waals surface area contributed by atoms with E-state index in [-0.39, 0.29) is 17.6 Å². The summed E-state index contributed by atoms with van der Waals surface area (Å²) in [6, 6.07) is 10.8. The molecule has 3 atom stereocenters. The quantitative estimate of drug-likeness (QED) is 0.463. The Labute approximate surface area is 201 Å². The van der Waals surface area contributed by atoms with E-state index in [0.29, 0.717) is 5.56 Å². The number of benzene rings is 1. The van der Waals surface area contributed by atoms with Crippen LogP contribution >= 0.6 is 0 Å². The van der Waals surface area contributed by atoms with E-state index < -0.39 is 5.66 Å². The average molecular weight is 464 g/mol. The van der Waals surface area contributed by atoms with Gasteiger partial charge in [0.2, 0.25) is 0 Å². The van der Waals surface area contributed by atoms with Gasteiger partial charge in [-0.25, -0.2) is 0 Å². The first-order chi connectivity index (χ1) is 16.4. The van der Waals surface area contributed by atoms with Gasteiger partial charge in [-0.05, 0) is 68.8 Å². The number of H-pyrrole nitrogens is 1. The minimum absolute atomic E-state index is 0.0984. The Hall–Kier alpha value is -2.97. The zero-order valence-corrected chi connectivity index (χ0v) is 20.2. The monoisotopic (exact) mass is 463 g/mol. The zero-order chi connectivity index (χ0) is 23.7. The van der Waals surface area contributed by atoms with Crippen LogP contribution in [0.3, 0.4) is 0 Å². The van der Waals surface area contributed by atoms with Crippen molar-refractivity contribution in [1.82, 2.24) is 20.5 Å². The lowest BCUT2D eigenvalue weighted by Gasteiger charge is -2.40. The predicted octanol–water partition coefficient (Wildman–Crippen LogP) is 2.17. The minimum atomic E-state index is -0.782. The lowest BCUT2D eigenvalue weighted by Crippen LogP contribution is -2.56. The van der Waals surface area contributed by atoms with E-state index in [0.717, 1.165) is 56.1 Å². The van der Waals surface area contributed by atoms with E-state index in [9.17, 15) is 4.79 Å². The molecule has 1 saturated heterocycles. The Bertz CT molecular complexity index is 1090. The fourth-order valence-corrected chi connectivity index (χ4v) is 5.47. The first kappa shape index (κ1) is 22.8. The first-order valence-corrected chi connectivity index (χ1v) is 12.5. The molecule has 1 aromatic carbocycles. The van der Waals surface area contributed by atoms with E-state index >= 15 is 0 Å². The van der Waals surface area contributed by atoms with Gasteiger partial charge in [0.1, 0.15) is 11.5 Å². The van der Waals surface area contributed by atoms with Crippen molar-refractivity contribution in [3.8, 4) is 0 Å². The molecular weight excluding hydrogens is 426 g/mol. The summed E-state index contributed by atoms with van der Waals surface area (Å²) in [5.74, 6) is 0.893. The summed E-state index contributed by atoms with van der Waals surface area (Å²) >= 11 is 0. The number of nitrogens with two attached hydrogens (primary N) is 1. The molecule has 0 amide bonds. The third-order valence-electron chi connectivity index (χ3n) is 7.47. The van der Waals surface area contributed by atoms with Crippen molar-refractivity contribution < 1.29 is 0 Å². The molecular formula is C26H37N7O. The van der Waals surface area contributed by atoms with Gasteiger partial charge in [0.25, 0.3) is 5.56 Å². The van der Waals surface area contributed by atoms with Gasteiger partial charge in [0, 0.05) is 55.8 Å². The van der Waals surface area contributed by atoms with Crippen LogP contribution in [0.5, 0.6) is 0 Å². The number of aromatic amines is 1. The molecule has 0 bridgehead atoms. The maximum Gasteiger partial charge on any atom is 0.256 e. The van der Waals surface area contributed by atoms with Gasteiger partial charge in [-0.3, -0.25) is 4.79 Å². The molecule has 3 heterocycles. The average Bonchev–Trinajstić information content (AvgIpc) is 2.81. The van der Waals surface area contributed by atoms with Crippen molar-refractivity contribution in [2.24, 2.45) is 5.73 Å². The predicted molar refractivity (Wildman–Crippen MR) is 139 cm³/mol. The van der Waals surface area contributed by atoms with Crippen LogP contribution in [0.2, 0.25) is 0 Å². The minimum Gasteiger partial charge on any atom is -0.369 e. The molecule has 2 aromatic rings. The maximum atomic E-state index is 12.9. The number of nitrogens with zero attached hydrogens (tertiary/aromatic N) is 2. The van der Waals surface area contributed by atoms with Gasteiger partial charge in [-0.1, -0.05) is 12.8 Å². The second-order valence-corrected chi connectivity index (χ2v) is 10.1. The Morgan fingerprint density at radius 3 is 2.53 bits per heavy atom. The molecule has 2 unspecified atom stereocenters. The topological polar surface area (TPSA) is 101 Å². The Morgan fingerprint density at radius 2 is 1.79 bits per heavy atom. The third-order valence-corrected chi connectivity index (χ3v) is 7.47. The van der Waals surface area contributed by atoms with E-state index in [1.807, 2.05) is 19.1 Å². The van der Waals surface area contributed by atoms with Crippen LogP contribution in [0.4, 0.5) is 11.4 Å². The van der Waals surface area contributed by atoms with Gasteiger partial charge in [0.15, 0.2) is 0 Å². The molecule has 6 N–H and O–H groups in total. The fraction of sp³-hybridized carbons (Fsp3) is 0.500. The van der Waals surface area contributed by atoms with E-state index in [1.54, 1.807) is 6.20 Å². The molecule has 2 fully saturated rings. The van der Waals surface area contributed by atoms with Crippen LogP contribution < -0.4 is 32.1 Å². The number of aromatic nitrogens is 1. The van der Waals surface area contributed by atoms with E-state index in [4.69, 9.17) is 5.73 Å². The van der Waals surface area contributed by atoms with Crippen LogP contribution in [-0.2, 0) is 5.66 Å². The van der Waals surface area contributed by atoms with Crippen molar-refractivity contribution in [3.05, 3.63) is 63.8 Å². The summed E-state index contributed by atoms with van der Waals surface area (Å²) in [6.45, 7) is 6.25. The lowest BCUT2D eigenvalue weighted by atomic mass is 9.90. The molecule has 2 aliphatic heterocycles. The molecule has 3 aliphatic rings. The highest BCUT2D eigenvalue weighted by atomic mass is 16.1. The summed E-state index contributed by atoms with van der Waals surface area (Å²) < 4.78 is 0. The van der Waals surface area contributed by atoms with Crippen molar-refractivity contribution in [2.75, 3.05) is 43.4 Å². The highest BCUT2D eigenvalue weighted by Crippen LogP contribution is 2.31. The Morgan fingerprint density at radius 1 is 1.06 bits per heavy atom. The molecule has 8 nitrogen and oxygen atoms in total. The number of rotatable bonds is 5. The highest BCUT2D eigenvalue weighted by Gasteiger charge is 2.36. The summed E-state index contributed by atoms with van der Waals surface area (Å²) in [5.41, 5.74) is 9.28. The number of likely N-dealkylation sites (N-methyl/N-ethyl adjacent to an activating group) is 1. The van der Waals surface area contributed by atoms with Gasteiger partial charge in [-0.15, -0.1) is 0 Å².